The minimum atomic E-state index is 0. The summed E-state index contributed by atoms with van der Waals surface area (Å²) >= 11 is 0. The minimum absolute atomic E-state index is 0. The monoisotopic (exact) mass is 727 g/mol. The van der Waals surface area contributed by atoms with Gasteiger partial charge in [-0.15, -0.1) is 16.7 Å². The molecule has 0 N–H and O–H groups in total. The zero-order chi connectivity index (χ0) is 30.2. The molecule has 4 aromatic rings. The maximum Gasteiger partial charge on any atom is 3.00 e. The second-order valence-electron chi connectivity index (χ2n) is 14.1. The van der Waals surface area contributed by atoms with Crippen LogP contribution in [0.1, 0.15) is 106 Å². The second-order valence-corrected chi connectivity index (χ2v) is 15.1. The van der Waals surface area contributed by atoms with Gasteiger partial charge >= 0.3 is 26.2 Å². The molecule has 233 valence electrons. The van der Waals surface area contributed by atoms with Gasteiger partial charge < -0.3 is 24.8 Å². The van der Waals surface area contributed by atoms with Crippen molar-refractivity contribution >= 4 is 15.6 Å². The van der Waals surface area contributed by atoms with E-state index in [0.717, 1.165) is 28.8 Å². The Bertz CT molecular complexity index is 1620. The summed E-state index contributed by atoms with van der Waals surface area (Å²) in [7, 11) is 1.08. The van der Waals surface area contributed by atoms with Gasteiger partial charge in [-0.05, 0) is 62.6 Å². The van der Waals surface area contributed by atoms with Crippen molar-refractivity contribution < 1.29 is 51.0 Å². The van der Waals surface area contributed by atoms with Crippen LogP contribution in [0, 0.1) is 6.07 Å². The largest absolute Gasteiger partial charge is 3.00 e. The molecule has 2 aliphatic rings. The Morgan fingerprint density at radius 1 is 0.778 bits per heavy atom. The minimum Gasteiger partial charge on any atom is -1.00 e. The van der Waals surface area contributed by atoms with Gasteiger partial charge in [0.05, 0.1) is 0 Å². The van der Waals surface area contributed by atoms with E-state index < -0.39 is 0 Å². The van der Waals surface area contributed by atoms with Crippen LogP contribution >= 0.6 is 0 Å². The number of rotatable bonds is 4. The maximum atomic E-state index is 4.05. The van der Waals surface area contributed by atoms with Gasteiger partial charge in [0.1, 0.15) is 0 Å². The predicted molar refractivity (Wildman–Crippen MR) is 185 cm³/mol. The molecule has 45 heavy (non-hydrogen) atoms. The van der Waals surface area contributed by atoms with Crippen LogP contribution < -0.4 is 24.8 Å². The molecule has 0 aliphatic heterocycles. The normalized spacial score (nSPS) is 14.3. The summed E-state index contributed by atoms with van der Waals surface area (Å²) in [6, 6.07) is 31.5. The first-order valence-corrected chi connectivity index (χ1v) is 17.7. The Labute approximate surface area is 307 Å². The number of benzene rings is 4. The van der Waals surface area contributed by atoms with Crippen LogP contribution in [0.5, 0.6) is 0 Å². The topological polar surface area (TPSA) is 0 Å². The van der Waals surface area contributed by atoms with Gasteiger partial charge in [-0.25, -0.2) is 0 Å². The molecule has 1 atom stereocenters. The van der Waals surface area contributed by atoms with Crippen molar-refractivity contribution in [1.82, 2.24) is 0 Å². The van der Waals surface area contributed by atoms with Crippen LogP contribution in [0.4, 0.5) is 0 Å². The van der Waals surface area contributed by atoms with Gasteiger partial charge in [-0.3, -0.25) is 0 Å². The molecule has 0 spiro atoms. The fraction of sp³-hybridized carbons (Fsp3) is 0.366. The van der Waals surface area contributed by atoms with Crippen molar-refractivity contribution in [1.29, 1.82) is 0 Å². The molecule has 0 bridgehead atoms. The molecule has 3 radical (unpaired) electrons. The van der Waals surface area contributed by atoms with Gasteiger partial charge in [-0.1, -0.05) is 146 Å². The molecule has 0 aromatic heterocycles. The zero-order valence-corrected chi connectivity index (χ0v) is 33.4. The fourth-order valence-electron chi connectivity index (χ4n) is 6.53. The van der Waals surface area contributed by atoms with Crippen LogP contribution in [0.2, 0.25) is 13.1 Å². The van der Waals surface area contributed by atoms with Crippen molar-refractivity contribution in [2.45, 2.75) is 97.6 Å². The van der Waals surface area contributed by atoms with Crippen LogP contribution in [0.15, 0.2) is 78.4 Å². The van der Waals surface area contributed by atoms with E-state index in [0.29, 0.717) is 0 Å². The van der Waals surface area contributed by atoms with E-state index >= 15 is 0 Å². The Morgan fingerprint density at radius 3 is 2.04 bits per heavy atom. The fourth-order valence-corrected chi connectivity index (χ4v) is 6.53. The average molecular weight is 730 g/mol. The molecule has 0 amide bonds. The smallest absolute Gasteiger partial charge is 1.00 e. The molecule has 4 aromatic carbocycles. The Balaban J connectivity index is 0.00000113. The molecule has 1 unspecified atom stereocenters. The second kappa shape index (κ2) is 15.9. The van der Waals surface area contributed by atoms with Crippen LogP contribution in [-0.4, -0.2) is 9.52 Å². The molecule has 0 fully saturated rings. The molecule has 0 saturated heterocycles. The molecule has 2 aliphatic carbocycles. The maximum absolute atomic E-state index is 4.05. The Morgan fingerprint density at radius 2 is 1.44 bits per heavy atom. The summed E-state index contributed by atoms with van der Waals surface area (Å²) in [6.07, 6.45) is 5.76. The number of allylic oxidation sites excluding steroid dienone is 1. The summed E-state index contributed by atoms with van der Waals surface area (Å²) in [5.41, 5.74) is 17.1. The van der Waals surface area contributed by atoms with Gasteiger partial charge in [-0.2, -0.15) is 17.7 Å². The third-order valence-corrected chi connectivity index (χ3v) is 8.71. The van der Waals surface area contributed by atoms with Crippen molar-refractivity contribution in [3.63, 3.8) is 0 Å². The van der Waals surface area contributed by atoms with E-state index in [1.165, 1.54) is 66.8 Å². The van der Waals surface area contributed by atoms with Gasteiger partial charge in [0.25, 0.3) is 0 Å². The van der Waals surface area contributed by atoms with Gasteiger partial charge in [0.2, 0.25) is 0 Å². The van der Waals surface area contributed by atoms with Crippen molar-refractivity contribution in [2.75, 3.05) is 0 Å². The number of fused-ring (bicyclic) bond motifs is 4. The summed E-state index contributed by atoms with van der Waals surface area (Å²) in [4.78, 5) is 0. The third kappa shape index (κ3) is 8.06. The average Bonchev–Trinajstić information content (AvgIpc) is 3.50. The van der Waals surface area contributed by atoms with E-state index in [1.54, 1.807) is 0 Å². The van der Waals surface area contributed by atoms with E-state index in [4.69, 9.17) is 0 Å². The van der Waals surface area contributed by atoms with Crippen molar-refractivity contribution in [3.8, 4) is 22.3 Å². The molecular weight excluding hydrogens is 683 g/mol. The summed E-state index contributed by atoms with van der Waals surface area (Å²) in [5.74, 6) is 0.260. The Hall–Kier alpha value is -1.70. The SMILES string of the molecule is CCCC1=Cc2c(-c3ccccc3)cccc2C1c1[c-]c(C(C)(C)C)cc2c1Cc1ccc(C(C)(C)C)cc1-2.C[Si]C.[Cl-].[Cl-].[Zr+3]. The molecule has 4 heteroatoms. The molecular formula is C41H47Cl2SiZr. The summed E-state index contributed by atoms with van der Waals surface area (Å²) in [5, 5.41) is 0. The molecule has 0 nitrogen and oxygen atoms in total. The quantitative estimate of drug-likeness (QED) is 0.171. The first kappa shape index (κ1) is 39.5. The van der Waals surface area contributed by atoms with Gasteiger partial charge in [0.15, 0.2) is 0 Å². The standard InChI is InChI=1S/C39H41.C2H6Si.2ClH.Zr/c1-8-13-27-21-33-30(25-14-10-9-11-15-25)16-12-17-31(33)37(27)36-24-29(39(5,6)7)23-35-32-22-28(38(2,3)4)19-18-26(32)20-34(35)36;1-3-2;;;/h9-12,14-19,21-23,37H,8,13,20H2,1-7H3;1-2H3;2*1H;/q-1;;;;+3/p-2. The van der Waals surface area contributed by atoms with Crippen molar-refractivity contribution in [3.05, 3.63) is 123 Å². The molecule has 6 rings (SSSR count). The van der Waals surface area contributed by atoms with Crippen LogP contribution in [0.3, 0.4) is 0 Å². The van der Waals surface area contributed by atoms with Gasteiger partial charge in [0, 0.05) is 15.4 Å². The number of halogens is 2. The third-order valence-electron chi connectivity index (χ3n) is 8.71. The van der Waals surface area contributed by atoms with E-state index in [-0.39, 0.29) is 67.8 Å². The first-order chi connectivity index (χ1) is 20.0. The van der Waals surface area contributed by atoms with E-state index in [2.05, 4.69) is 146 Å². The number of hydrogen-bond donors (Lipinski definition) is 0. The molecule has 0 saturated carbocycles. The Kier molecular flexibility index (Phi) is 14.0. The number of hydrogen-bond acceptors (Lipinski definition) is 0. The zero-order valence-electron chi connectivity index (χ0n) is 28.5. The van der Waals surface area contributed by atoms with Crippen molar-refractivity contribution in [2.24, 2.45) is 0 Å². The van der Waals surface area contributed by atoms with Crippen LogP contribution in [0.25, 0.3) is 28.3 Å². The summed E-state index contributed by atoms with van der Waals surface area (Å²) < 4.78 is 0. The predicted octanol–water partition coefficient (Wildman–Crippen LogP) is 5.44. The summed E-state index contributed by atoms with van der Waals surface area (Å²) in [6.45, 7) is 20.5. The first-order valence-electron chi connectivity index (χ1n) is 15.7. The molecule has 0 heterocycles. The van der Waals surface area contributed by atoms with E-state index in [9.17, 15) is 0 Å². The van der Waals surface area contributed by atoms with Crippen LogP contribution in [-0.2, 0) is 43.5 Å². The van der Waals surface area contributed by atoms with E-state index in [1.807, 2.05) is 0 Å².